The molecule has 6 heteroatoms. The van der Waals surface area contributed by atoms with Crippen molar-refractivity contribution in [3.63, 3.8) is 0 Å². The Hall–Kier alpha value is -1.14. The maximum absolute atomic E-state index is 11.5. The summed E-state index contributed by atoms with van der Waals surface area (Å²) in [6.07, 6.45) is 2.23. The number of likely N-dealkylation sites (tertiary alicyclic amines) is 1. The van der Waals surface area contributed by atoms with Gasteiger partial charge in [-0.1, -0.05) is 0 Å². The minimum absolute atomic E-state index is 0.361. The van der Waals surface area contributed by atoms with Crippen LogP contribution in [0, 0.1) is 6.92 Å². The van der Waals surface area contributed by atoms with Crippen molar-refractivity contribution in [1.82, 2.24) is 9.88 Å². The smallest absolute Gasteiger partial charge is 0.357 e. The maximum Gasteiger partial charge on any atom is 0.357 e. The third kappa shape index (κ3) is 3.00. The largest absolute Gasteiger partial charge is 0.464 e. The monoisotopic (exact) mass is 269 g/mol. The van der Waals surface area contributed by atoms with E-state index in [1.54, 1.807) is 0 Å². The van der Waals surface area contributed by atoms with Gasteiger partial charge in [0, 0.05) is 10.9 Å². The number of thiazole rings is 1. The van der Waals surface area contributed by atoms with Crippen molar-refractivity contribution in [2.24, 2.45) is 0 Å². The van der Waals surface area contributed by atoms with E-state index in [0.29, 0.717) is 11.7 Å². The average molecular weight is 269 g/mol. The molecule has 2 rings (SSSR count). The van der Waals surface area contributed by atoms with Gasteiger partial charge < -0.3 is 15.0 Å². The van der Waals surface area contributed by atoms with Gasteiger partial charge in [0.1, 0.15) is 0 Å². The second-order valence-corrected chi connectivity index (χ2v) is 5.84. The zero-order valence-corrected chi connectivity index (χ0v) is 11.8. The number of aromatic nitrogens is 1. The summed E-state index contributed by atoms with van der Waals surface area (Å²) in [6.45, 7) is 4.10. The van der Waals surface area contributed by atoms with Crippen LogP contribution in [0.4, 0.5) is 5.13 Å². The molecule has 100 valence electrons. The lowest BCUT2D eigenvalue weighted by molar-refractivity contribution is 0.0594. The Morgan fingerprint density at radius 3 is 2.78 bits per heavy atom. The summed E-state index contributed by atoms with van der Waals surface area (Å²) in [5, 5.41) is 4.24. The summed E-state index contributed by atoms with van der Waals surface area (Å²) in [5.41, 5.74) is 0.429. The van der Waals surface area contributed by atoms with E-state index in [-0.39, 0.29) is 5.97 Å². The summed E-state index contributed by atoms with van der Waals surface area (Å²) >= 11 is 1.52. The number of anilines is 1. The molecule has 1 aromatic rings. The van der Waals surface area contributed by atoms with Crippen LogP contribution < -0.4 is 5.32 Å². The molecule has 1 saturated heterocycles. The van der Waals surface area contributed by atoms with Crippen molar-refractivity contribution in [1.29, 1.82) is 0 Å². The molecule has 1 aliphatic rings. The first kappa shape index (κ1) is 13.3. The van der Waals surface area contributed by atoms with Crippen LogP contribution in [0.25, 0.3) is 0 Å². The SMILES string of the molecule is COC(=O)c1nc(NC2CCN(C)CC2)sc1C. The maximum atomic E-state index is 11.5. The molecule has 0 aliphatic carbocycles. The van der Waals surface area contributed by atoms with Gasteiger partial charge in [0.2, 0.25) is 0 Å². The first-order valence-corrected chi connectivity index (χ1v) is 6.92. The lowest BCUT2D eigenvalue weighted by atomic mass is 10.1. The molecule has 5 nitrogen and oxygen atoms in total. The number of hydrogen-bond donors (Lipinski definition) is 1. The number of esters is 1. The third-order valence-electron chi connectivity index (χ3n) is 3.22. The Morgan fingerprint density at radius 2 is 2.17 bits per heavy atom. The van der Waals surface area contributed by atoms with Crippen molar-refractivity contribution in [2.75, 3.05) is 32.6 Å². The van der Waals surface area contributed by atoms with Crippen molar-refractivity contribution < 1.29 is 9.53 Å². The molecule has 0 saturated carbocycles. The van der Waals surface area contributed by atoms with Gasteiger partial charge in [-0.3, -0.25) is 0 Å². The zero-order valence-electron chi connectivity index (χ0n) is 11.0. The molecule has 18 heavy (non-hydrogen) atoms. The second kappa shape index (κ2) is 5.67. The summed E-state index contributed by atoms with van der Waals surface area (Å²) in [7, 11) is 3.52. The molecule has 1 N–H and O–H groups in total. The summed E-state index contributed by atoms with van der Waals surface area (Å²) in [5.74, 6) is -0.361. The normalized spacial score (nSPS) is 17.7. The Labute approximate surface area is 111 Å². The molecular weight excluding hydrogens is 250 g/mol. The van der Waals surface area contributed by atoms with E-state index < -0.39 is 0 Å². The number of nitrogens with zero attached hydrogens (tertiary/aromatic N) is 2. The van der Waals surface area contributed by atoms with Gasteiger partial charge in [-0.25, -0.2) is 9.78 Å². The van der Waals surface area contributed by atoms with E-state index in [9.17, 15) is 4.79 Å². The lowest BCUT2D eigenvalue weighted by Gasteiger charge is -2.29. The molecule has 0 aromatic carbocycles. The highest BCUT2D eigenvalue weighted by Crippen LogP contribution is 2.25. The van der Waals surface area contributed by atoms with Crippen molar-refractivity contribution in [3.8, 4) is 0 Å². The minimum atomic E-state index is -0.361. The predicted octanol–water partition coefficient (Wildman–Crippen LogP) is 1.74. The van der Waals surface area contributed by atoms with Crippen LogP contribution >= 0.6 is 11.3 Å². The Balaban J connectivity index is 2.00. The highest BCUT2D eigenvalue weighted by Gasteiger charge is 2.20. The number of aryl methyl sites for hydroxylation is 1. The van der Waals surface area contributed by atoms with Crippen LogP contribution in [0.2, 0.25) is 0 Å². The molecule has 1 aliphatic heterocycles. The average Bonchev–Trinajstić information content (AvgIpc) is 2.72. The molecule has 0 unspecified atom stereocenters. The molecule has 0 bridgehead atoms. The number of hydrogen-bond acceptors (Lipinski definition) is 6. The van der Waals surface area contributed by atoms with Crippen LogP contribution in [0.3, 0.4) is 0 Å². The number of ether oxygens (including phenoxy) is 1. The number of methoxy groups -OCH3 is 1. The summed E-state index contributed by atoms with van der Waals surface area (Å²) < 4.78 is 4.71. The first-order valence-electron chi connectivity index (χ1n) is 6.11. The van der Waals surface area contributed by atoms with Crippen LogP contribution in [-0.4, -0.2) is 49.1 Å². The van der Waals surface area contributed by atoms with E-state index in [2.05, 4.69) is 22.2 Å². The molecule has 1 fully saturated rings. The number of carbonyl (C=O) groups excluding carboxylic acids is 1. The highest BCUT2D eigenvalue weighted by atomic mass is 32.1. The fourth-order valence-electron chi connectivity index (χ4n) is 2.07. The standard InChI is InChI=1S/C12H19N3O2S/c1-8-10(11(16)17-3)14-12(18-8)13-9-4-6-15(2)7-5-9/h9H,4-7H2,1-3H3,(H,13,14). The van der Waals surface area contributed by atoms with Gasteiger partial charge in [0.15, 0.2) is 10.8 Å². The Bertz CT molecular complexity index is 425. The molecule has 0 atom stereocenters. The van der Waals surface area contributed by atoms with Crippen LogP contribution in [0.5, 0.6) is 0 Å². The summed E-state index contributed by atoms with van der Waals surface area (Å²) in [4.78, 5) is 19.0. The van der Waals surface area contributed by atoms with Gasteiger partial charge in [-0.05, 0) is 39.9 Å². The molecular formula is C12H19N3O2S. The molecule has 1 aromatic heterocycles. The van der Waals surface area contributed by atoms with Crippen molar-refractivity contribution in [3.05, 3.63) is 10.6 Å². The van der Waals surface area contributed by atoms with Crippen LogP contribution in [0.15, 0.2) is 0 Å². The predicted molar refractivity (Wildman–Crippen MR) is 72.3 cm³/mol. The zero-order chi connectivity index (χ0) is 13.1. The fraction of sp³-hybridized carbons (Fsp3) is 0.667. The number of nitrogens with one attached hydrogen (secondary N) is 1. The van der Waals surface area contributed by atoms with E-state index in [0.717, 1.165) is 35.9 Å². The third-order valence-corrected chi connectivity index (χ3v) is 4.12. The number of piperidine rings is 1. The molecule has 0 radical (unpaired) electrons. The van der Waals surface area contributed by atoms with Gasteiger partial charge in [0.25, 0.3) is 0 Å². The van der Waals surface area contributed by atoms with Crippen molar-refractivity contribution in [2.45, 2.75) is 25.8 Å². The van der Waals surface area contributed by atoms with Crippen LogP contribution in [-0.2, 0) is 4.74 Å². The topological polar surface area (TPSA) is 54.5 Å². The van der Waals surface area contributed by atoms with Gasteiger partial charge in [-0.2, -0.15) is 0 Å². The number of rotatable bonds is 3. The molecule has 0 amide bonds. The first-order chi connectivity index (χ1) is 8.60. The van der Waals surface area contributed by atoms with Gasteiger partial charge >= 0.3 is 5.97 Å². The summed E-state index contributed by atoms with van der Waals surface area (Å²) in [6, 6.07) is 0.456. The Morgan fingerprint density at radius 1 is 1.50 bits per heavy atom. The quantitative estimate of drug-likeness (QED) is 0.847. The van der Waals surface area contributed by atoms with E-state index >= 15 is 0 Å². The van der Waals surface area contributed by atoms with Gasteiger partial charge in [0.05, 0.1) is 7.11 Å². The second-order valence-electron chi connectivity index (χ2n) is 4.64. The number of carbonyl (C=O) groups is 1. The molecule has 0 spiro atoms. The van der Waals surface area contributed by atoms with Crippen molar-refractivity contribution >= 4 is 22.4 Å². The van der Waals surface area contributed by atoms with Crippen LogP contribution in [0.1, 0.15) is 28.2 Å². The van der Waals surface area contributed by atoms with Gasteiger partial charge in [-0.15, -0.1) is 11.3 Å². The highest BCUT2D eigenvalue weighted by molar-refractivity contribution is 7.15. The van der Waals surface area contributed by atoms with E-state index in [4.69, 9.17) is 4.74 Å². The molecule has 2 heterocycles. The lowest BCUT2D eigenvalue weighted by Crippen LogP contribution is -2.36. The Kier molecular flexibility index (Phi) is 4.19. The van der Waals surface area contributed by atoms with E-state index in [1.165, 1.54) is 18.4 Å². The van der Waals surface area contributed by atoms with E-state index in [1.807, 2.05) is 6.92 Å². The minimum Gasteiger partial charge on any atom is -0.464 e. The fourth-order valence-corrected chi connectivity index (χ4v) is 2.95.